The van der Waals surface area contributed by atoms with Crippen LogP contribution in [0, 0.1) is 0 Å². The maximum absolute atomic E-state index is 11.4. The highest BCUT2D eigenvalue weighted by molar-refractivity contribution is 5.88. The van der Waals surface area contributed by atoms with Crippen LogP contribution in [-0.2, 0) is 20.7 Å². The Balaban J connectivity index is 1.78. The Morgan fingerprint density at radius 1 is 0.875 bits per heavy atom. The average Bonchev–Trinajstić information content (AvgIpc) is 2.78. The molecule has 2 rings (SSSR count). The third kappa shape index (κ3) is 9.18. The lowest BCUT2D eigenvalue weighted by molar-refractivity contribution is -0.151. The van der Waals surface area contributed by atoms with E-state index in [4.69, 9.17) is 19.3 Å². The van der Waals surface area contributed by atoms with E-state index in [9.17, 15) is 19.5 Å². The number of hydrogen-bond donors (Lipinski definition) is 2. The van der Waals surface area contributed by atoms with Crippen LogP contribution in [0.25, 0.3) is 0 Å². The summed E-state index contributed by atoms with van der Waals surface area (Å²) in [7, 11) is 0. The van der Waals surface area contributed by atoms with E-state index in [1.165, 1.54) is 6.07 Å². The SMILES string of the molecule is O=CCC(OCCCc1cc(OCCCCOc2ccccc2)cc(C(=O)O)c1)C(=O)O. The van der Waals surface area contributed by atoms with Gasteiger partial charge in [-0.1, -0.05) is 18.2 Å². The standard InChI is InChI=1S/C24H28O8/c25-11-10-22(24(28)29)32-14-6-7-18-15-19(23(26)27)17-21(16-18)31-13-5-4-12-30-20-8-2-1-3-9-20/h1-3,8-9,11,15-17,22H,4-7,10,12-14H2,(H,26,27)(H,28,29). The number of aromatic carboxylic acids is 1. The Morgan fingerprint density at radius 3 is 2.19 bits per heavy atom. The second kappa shape index (κ2) is 13.8. The first-order valence-corrected chi connectivity index (χ1v) is 10.5. The van der Waals surface area contributed by atoms with E-state index < -0.39 is 18.0 Å². The molecule has 0 fully saturated rings. The smallest absolute Gasteiger partial charge is 0.335 e. The minimum absolute atomic E-state index is 0.121. The zero-order valence-corrected chi connectivity index (χ0v) is 17.8. The van der Waals surface area contributed by atoms with Crippen molar-refractivity contribution in [1.82, 2.24) is 0 Å². The molecule has 0 aliphatic rings. The summed E-state index contributed by atoms with van der Waals surface area (Å²) in [6.45, 7) is 1.13. The molecule has 0 heterocycles. The average molecular weight is 444 g/mol. The van der Waals surface area contributed by atoms with E-state index in [2.05, 4.69) is 0 Å². The van der Waals surface area contributed by atoms with E-state index in [1.54, 1.807) is 12.1 Å². The Morgan fingerprint density at radius 2 is 1.56 bits per heavy atom. The number of rotatable bonds is 16. The van der Waals surface area contributed by atoms with Gasteiger partial charge in [-0.05, 0) is 61.6 Å². The highest BCUT2D eigenvalue weighted by Crippen LogP contribution is 2.20. The molecule has 0 bridgehead atoms. The first-order chi connectivity index (χ1) is 15.5. The zero-order chi connectivity index (χ0) is 23.2. The molecule has 8 nitrogen and oxygen atoms in total. The Bertz CT molecular complexity index is 866. The number of carboxylic acid groups (broad SMARTS) is 2. The molecule has 0 aliphatic carbocycles. The molecule has 172 valence electrons. The lowest BCUT2D eigenvalue weighted by atomic mass is 10.1. The normalized spacial score (nSPS) is 11.5. The molecule has 2 N–H and O–H groups in total. The largest absolute Gasteiger partial charge is 0.494 e. The summed E-state index contributed by atoms with van der Waals surface area (Å²) in [4.78, 5) is 32.9. The molecule has 0 radical (unpaired) electrons. The lowest BCUT2D eigenvalue weighted by Gasteiger charge is -2.12. The van der Waals surface area contributed by atoms with E-state index in [0.717, 1.165) is 24.2 Å². The molecule has 0 amide bonds. The summed E-state index contributed by atoms with van der Waals surface area (Å²) in [5.74, 6) is -0.956. The van der Waals surface area contributed by atoms with Crippen molar-refractivity contribution in [2.75, 3.05) is 19.8 Å². The maximum Gasteiger partial charge on any atom is 0.335 e. The van der Waals surface area contributed by atoms with Gasteiger partial charge in [0.2, 0.25) is 0 Å². The van der Waals surface area contributed by atoms with Crippen LogP contribution in [0.4, 0.5) is 0 Å². The quantitative estimate of drug-likeness (QED) is 0.298. The fraction of sp³-hybridized carbons (Fsp3) is 0.375. The van der Waals surface area contributed by atoms with Crippen molar-refractivity contribution in [1.29, 1.82) is 0 Å². The van der Waals surface area contributed by atoms with Crippen molar-refractivity contribution in [2.45, 2.75) is 38.2 Å². The third-order valence-electron chi connectivity index (χ3n) is 4.55. The maximum atomic E-state index is 11.4. The Kier molecular flexibility index (Phi) is 10.7. The monoisotopic (exact) mass is 444 g/mol. The van der Waals surface area contributed by atoms with Crippen LogP contribution in [-0.4, -0.2) is 54.4 Å². The number of aldehydes is 1. The molecule has 1 atom stereocenters. The second-order valence-corrected chi connectivity index (χ2v) is 7.09. The minimum Gasteiger partial charge on any atom is -0.494 e. The van der Waals surface area contributed by atoms with Crippen LogP contribution >= 0.6 is 0 Å². The highest BCUT2D eigenvalue weighted by Gasteiger charge is 2.17. The Labute approximate surface area is 186 Å². The van der Waals surface area contributed by atoms with Crippen LogP contribution in [0.3, 0.4) is 0 Å². The molecule has 2 aromatic carbocycles. The van der Waals surface area contributed by atoms with Gasteiger partial charge in [0.25, 0.3) is 0 Å². The molecule has 0 aliphatic heterocycles. The number of hydrogen-bond acceptors (Lipinski definition) is 6. The molecule has 1 unspecified atom stereocenters. The van der Waals surface area contributed by atoms with Gasteiger partial charge in [0, 0.05) is 13.0 Å². The van der Waals surface area contributed by atoms with Crippen molar-refractivity contribution in [2.24, 2.45) is 0 Å². The number of aryl methyl sites for hydroxylation is 1. The summed E-state index contributed by atoms with van der Waals surface area (Å²) in [5, 5.41) is 18.3. The van der Waals surface area contributed by atoms with Crippen molar-refractivity contribution >= 4 is 18.2 Å². The molecule has 0 saturated heterocycles. The summed E-state index contributed by atoms with van der Waals surface area (Å²) < 4.78 is 16.6. The number of carbonyl (C=O) groups excluding carboxylic acids is 1. The van der Waals surface area contributed by atoms with Gasteiger partial charge in [-0.25, -0.2) is 9.59 Å². The number of ether oxygens (including phenoxy) is 3. The summed E-state index contributed by atoms with van der Waals surface area (Å²) >= 11 is 0. The van der Waals surface area contributed by atoms with Gasteiger partial charge in [-0.2, -0.15) is 0 Å². The van der Waals surface area contributed by atoms with E-state index in [1.807, 2.05) is 30.3 Å². The van der Waals surface area contributed by atoms with E-state index >= 15 is 0 Å². The third-order valence-corrected chi connectivity index (χ3v) is 4.55. The fourth-order valence-electron chi connectivity index (χ4n) is 2.94. The van der Waals surface area contributed by atoms with Gasteiger partial charge in [0.15, 0.2) is 6.10 Å². The van der Waals surface area contributed by atoms with Gasteiger partial charge in [0.1, 0.15) is 17.8 Å². The molecular weight excluding hydrogens is 416 g/mol. The van der Waals surface area contributed by atoms with Gasteiger partial charge >= 0.3 is 11.9 Å². The second-order valence-electron chi connectivity index (χ2n) is 7.09. The summed E-state index contributed by atoms with van der Waals surface area (Å²) in [5.41, 5.74) is 0.869. The van der Waals surface area contributed by atoms with Crippen LogP contribution in [0.1, 0.15) is 41.6 Å². The molecular formula is C24H28O8. The molecule has 0 saturated carbocycles. The van der Waals surface area contributed by atoms with Crippen LogP contribution < -0.4 is 9.47 Å². The summed E-state index contributed by atoms with van der Waals surface area (Å²) in [6.07, 6.45) is 1.63. The lowest BCUT2D eigenvalue weighted by Crippen LogP contribution is -2.24. The number of para-hydroxylation sites is 1. The predicted octanol–water partition coefficient (Wildman–Crippen LogP) is 3.61. The van der Waals surface area contributed by atoms with E-state index in [0.29, 0.717) is 38.1 Å². The van der Waals surface area contributed by atoms with Gasteiger partial charge in [-0.15, -0.1) is 0 Å². The zero-order valence-electron chi connectivity index (χ0n) is 17.8. The molecule has 2 aromatic rings. The van der Waals surface area contributed by atoms with Crippen molar-refractivity contribution in [3.05, 3.63) is 59.7 Å². The molecule has 0 spiro atoms. The van der Waals surface area contributed by atoms with Gasteiger partial charge in [0.05, 0.1) is 18.8 Å². The van der Waals surface area contributed by atoms with Crippen molar-refractivity contribution in [3.8, 4) is 11.5 Å². The van der Waals surface area contributed by atoms with Gasteiger partial charge < -0.3 is 29.2 Å². The van der Waals surface area contributed by atoms with E-state index in [-0.39, 0.29) is 18.6 Å². The summed E-state index contributed by atoms with van der Waals surface area (Å²) in [6, 6.07) is 14.3. The molecule has 0 aromatic heterocycles. The van der Waals surface area contributed by atoms with Crippen LogP contribution in [0.5, 0.6) is 11.5 Å². The van der Waals surface area contributed by atoms with Crippen LogP contribution in [0.2, 0.25) is 0 Å². The molecule has 8 heteroatoms. The Hall–Kier alpha value is -3.39. The van der Waals surface area contributed by atoms with Crippen molar-refractivity contribution < 1.29 is 38.8 Å². The predicted molar refractivity (Wildman–Crippen MR) is 116 cm³/mol. The van der Waals surface area contributed by atoms with Gasteiger partial charge in [-0.3, -0.25) is 0 Å². The number of benzene rings is 2. The fourth-order valence-corrected chi connectivity index (χ4v) is 2.94. The minimum atomic E-state index is -1.19. The topological polar surface area (TPSA) is 119 Å². The first kappa shape index (κ1) is 24.9. The highest BCUT2D eigenvalue weighted by atomic mass is 16.5. The number of unbranched alkanes of at least 4 members (excludes halogenated alkanes) is 1. The van der Waals surface area contributed by atoms with Crippen molar-refractivity contribution in [3.63, 3.8) is 0 Å². The number of carboxylic acids is 2. The first-order valence-electron chi connectivity index (χ1n) is 10.5. The van der Waals surface area contributed by atoms with Crippen LogP contribution in [0.15, 0.2) is 48.5 Å². The number of aliphatic carboxylic acids is 1. The number of carbonyl (C=O) groups is 3. The molecule has 32 heavy (non-hydrogen) atoms.